The number of allylic oxidation sites excluding steroid dienone is 1. The van der Waals surface area contributed by atoms with Crippen LogP contribution < -0.4 is 0 Å². The number of hydrogen-bond acceptors (Lipinski definition) is 17. The van der Waals surface area contributed by atoms with E-state index in [1.165, 1.54) is 39.4 Å². The summed E-state index contributed by atoms with van der Waals surface area (Å²) in [6.45, 7) is 10.3. The minimum Gasteiger partial charge on any atom is -0.458 e. The Labute approximate surface area is 399 Å². The van der Waals surface area contributed by atoms with Crippen molar-refractivity contribution in [1.82, 2.24) is 0 Å². The number of esters is 1. The fourth-order valence-corrected chi connectivity index (χ4v) is 11.8. The highest BCUT2D eigenvalue weighted by Gasteiger charge is 2.62. The predicted octanol–water partition coefficient (Wildman–Crippen LogP) is 4.19. The molecule has 0 bridgehead atoms. The summed E-state index contributed by atoms with van der Waals surface area (Å²) in [4.78, 5) is 54.3. The number of rotatable bonds is 16. The van der Waals surface area contributed by atoms with Gasteiger partial charge in [0.05, 0.1) is 47.6 Å². The van der Waals surface area contributed by atoms with Gasteiger partial charge in [0, 0.05) is 70.3 Å². The van der Waals surface area contributed by atoms with Crippen molar-refractivity contribution in [3.8, 4) is 0 Å². The normalized spacial score (nSPS) is 43.6. The molecule has 3 aliphatic carbocycles. The van der Waals surface area contributed by atoms with E-state index in [0.29, 0.717) is 19.3 Å². The number of ether oxygens (including phenoxy) is 10. The van der Waals surface area contributed by atoms with Crippen molar-refractivity contribution in [2.45, 2.75) is 191 Å². The van der Waals surface area contributed by atoms with Crippen LogP contribution in [0.2, 0.25) is 0 Å². The van der Waals surface area contributed by atoms with E-state index in [0.717, 1.165) is 5.56 Å². The van der Waals surface area contributed by atoms with Crippen LogP contribution in [0.25, 0.3) is 6.08 Å². The molecule has 68 heavy (non-hydrogen) atoms. The molecule has 0 unspecified atom stereocenters. The van der Waals surface area contributed by atoms with Gasteiger partial charge in [-0.1, -0.05) is 37.3 Å². The molecule has 378 valence electrons. The average molecular weight is 957 g/mol. The van der Waals surface area contributed by atoms with Crippen LogP contribution in [0.3, 0.4) is 0 Å². The molecule has 2 saturated carbocycles. The van der Waals surface area contributed by atoms with Crippen molar-refractivity contribution in [3.63, 3.8) is 0 Å². The molecule has 1 aromatic carbocycles. The molecule has 0 amide bonds. The molecule has 0 radical (unpaired) electrons. The number of Topliss-reactive ketones (excluding diaryl/α,β-unsaturated/α-hetero) is 2. The lowest BCUT2D eigenvalue weighted by Crippen LogP contribution is -2.63. The number of methoxy groups -OCH3 is 3. The van der Waals surface area contributed by atoms with E-state index in [1.807, 2.05) is 44.2 Å². The van der Waals surface area contributed by atoms with Gasteiger partial charge in [-0.3, -0.25) is 14.4 Å². The molecule has 7 rings (SSSR count). The molecule has 3 heterocycles. The fourth-order valence-electron chi connectivity index (χ4n) is 11.8. The molecule has 3 saturated heterocycles. The standard InChI is InChI=1S/C51H72O17/c1-27(52)33-16-17-38(54)50(33,6)39(66-40(55)18-15-31-13-11-10-12-14-31)23-34-35(53)20-22-51(58)26-32(19-21-49(34,51)5)65-48-44(57)47(61-9)46(30(4)64-48)68-42-25-37(60-8)45(29(3)63-42)67-41-24-36(59-7)43(56)28(2)62-41/h10-15,18,20,22,28-30,32-34,36-37,39,41-48,56-58H,16-17,19,21,23-26H2,1-9H3/b18-15+/t28-,29-,30+,32+,33-,34+,36+,37+,39+,41+,42+,43-,44+,45-,46+,47+,48+,49-,50-,51+/m1/s1. The van der Waals surface area contributed by atoms with Gasteiger partial charge in [-0.15, -0.1) is 0 Å². The van der Waals surface area contributed by atoms with Gasteiger partial charge in [0.15, 0.2) is 24.7 Å². The molecule has 17 nitrogen and oxygen atoms in total. The first kappa shape index (κ1) is 52.5. The lowest BCUT2D eigenvalue weighted by molar-refractivity contribution is -0.355. The minimum atomic E-state index is -1.60. The van der Waals surface area contributed by atoms with Crippen molar-refractivity contribution in [2.75, 3.05) is 21.3 Å². The number of aliphatic hydroxyl groups is 3. The van der Waals surface area contributed by atoms with Gasteiger partial charge in [-0.2, -0.15) is 0 Å². The molecule has 0 aromatic heterocycles. The van der Waals surface area contributed by atoms with E-state index in [-0.39, 0.29) is 49.5 Å². The summed E-state index contributed by atoms with van der Waals surface area (Å²) in [5.74, 6) is -3.05. The summed E-state index contributed by atoms with van der Waals surface area (Å²) in [5, 5.41) is 34.7. The molecule has 17 heteroatoms. The predicted molar refractivity (Wildman–Crippen MR) is 242 cm³/mol. The highest BCUT2D eigenvalue weighted by atomic mass is 16.8. The van der Waals surface area contributed by atoms with E-state index in [4.69, 9.17) is 47.4 Å². The number of carbonyl (C=O) groups is 4. The van der Waals surface area contributed by atoms with Gasteiger partial charge in [-0.25, -0.2) is 4.79 Å². The van der Waals surface area contributed by atoms with Crippen LogP contribution in [-0.4, -0.2) is 158 Å². The summed E-state index contributed by atoms with van der Waals surface area (Å²) in [5.41, 5.74) is -3.33. The third-order valence-corrected chi connectivity index (χ3v) is 16.1. The van der Waals surface area contributed by atoms with Crippen LogP contribution in [0.4, 0.5) is 0 Å². The first-order valence-electron chi connectivity index (χ1n) is 24.1. The Morgan fingerprint density at radius 1 is 0.824 bits per heavy atom. The van der Waals surface area contributed by atoms with Crippen LogP contribution in [0.1, 0.15) is 98.5 Å². The number of hydrogen-bond donors (Lipinski definition) is 3. The topological polar surface area (TPSA) is 221 Å². The molecule has 3 N–H and O–H groups in total. The average Bonchev–Trinajstić information content (AvgIpc) is 3.62. The first-order chi connectivity index (χ1) is 32.3. The third-order valence-electron chi connectivity index (χ3n) is 16.1. The largest absolute Gasteiger partial charge is 0.458 e. The van der Waals surface area contributed by atoms with E-state index in [2.05, 4.69) is 0 Å². The summed E-state index contributed by atoms with van der Waals surface area (Å²) in [7, 11) is 4.57. The Hall–Kier alpha value is -3.30. The van der Waals surface area contributed by atoms with Crippen molar-refractivity contribution < 1.29 is 81.9 Å². The Morgan fingerprint density at radius 2 is 1.47 bits per heavy atom. The third kappa shape index (κ3) is 10.5. The smallest absolute Gasteiger partial charge is 0.331 e. The maximum atomic E-state index is 14.0. The molecular weight excluding hydrogens is 885 g/mol. The zero-order valence-corrected chi connectivity index (χ0v) is 40.7. The second kappa shape index (κ2) is 21.6. The molecule has 6 aliphatic rings. The lowest BCUT2D eigenvalue weighted by Gasteiger charge is -2.55. The molecule has 5 fully saturated rings. The monoisotopic (exact) mass is 956 g/mol. The van der Waals surface area contributed by atoms with E-state index in [9.17, 15) is 34.5 Å². The minimum absolute atomic E-state index is 0.0335. The Morgan fingerprint density at radius 3 is 2.13 bits per heavy atom. The van der Waals surface area contributed by atoms with Crippen molar-refractivity contribution in [3.05, 3.63) is 54.1 Å². The van der Waals surface area contributed by atoms with Crippen LogP contribution in [0, 0.1) is 22.7 Å². The number of fused-ring (bicyclic) bond motifs is 1. The van der Waals surface area contributed by atoms with Gasteiger partial charge in [0.1, 0.15) is 48.2 Å². The lowest BCUT2D eigenvalue weighted by atomic mass is 9.52. The number of benzene rings is 1. The molecule has 0 spiro atoms. The van der Waals surface area contributed by atoms with Gasteiger partial charge in [0.2, 0.25) is 0 Å². The van der Waals surface area contributed by atoms with E-state index < -0.39 is 126 Å². The summed E-state index contributed by atoms with van der Waals surface area (Å²) < 4.78 is 61.1. The zero-order valence-electron chi connectivity index (χ0n) is 40.7. The summed E-state index contributed by atoms with van der Waals surface area (Å²) in [6, 6.07) is 9.17. The Bertz CT molecular complexity index is 1990. The molecule has 1 aromatic rings. The Balaban J connectivity index is 1.01. The SMILES string of the molecule is CO[C@H]1[C@H](O)[C@H](O[C@H]2CC[C@]3(C)[C@@H](C[C@H](OC(=O)/C=C/c4ccccc4)[C@@]4(C)C(=O)CC[C@@H]4C(C)=O)C(=O)C=C[C@]3(O)C2)O[C@@H](C)[C@@H]1O[C@H]1C[C@H](OC)[C@H](O[C@H]2C[C@H](OC)[C@H](O)[C@@H](C)O2)[C@@H](C)O1. The second-order valence-corrected chi connectivity index (χ2v) is 20.1. The molecular formula is C51H72O17. The Kier molecular flexibility index (Phi) is 16.7. The van der Waals surface area contributed by atoms with Crippen LogP contribution >= 0.6 is 0 Å². The van der Waals surface area contributed by atoms with Gasteiger partial charge >= 0.3 is 5.97 Å². The maximum Gasteiger partial charge on any atom is 0.331 e. The van der Waals surface area contributed by atoms with E-state index >= 15 is 0 Å². The van der Waals surface area contributed by atoms with Crippen LogP contribution in [-0.2, 0) is 66.5 Å². The summed E-state index contributed by atoms with van der Waals surface area (Å²) in [6.07, 6.45) is -4.03. The number of aliphatic hydroxyl groups excluding tert-OH is 2. The van der Waals surface area contributed by atoms with Gasteiger partial charge in [0.25, 0.3) is 0 Å². The number of ketones is 3. The first-order valence-corrected chi connectivity index (χ1v) is 24.1. The van der Waals surface area contributed by atoms with Gasteiger partial charge < -0.3 is 62.7 Å². The fraction of sp³-hybridized carbons (Fsp3) is 0.725. The zero-order chi connectivity index (χ0) is 49.3. The van der Waals surface area contributed by atoms with Gasteiger partial charge in [-0.05, 0) is 84.1 Å². The highest BCUT2D eigenvalue weighted by molar-refractivity contribution is 5.97. The van der Waals surface area contributed by atoms with Crippen LogP contribution in [0.15, 0.2) is 48.6 Å². The second-order valence-electron chi connectivity index (χ2n) is 20.1. The van der Waals surface area contributed by atoms with Crippen molar-refractivity contribution in [2.24, 2.45) is 22.7 Å². The highest BCUT2D eigenvalue weighted by Crippen LogP contribution is 2.57. The maximum absolute atomic E-state index is 14.0. The number of carbonyl (C=O) groups excluding carboxylic acids is 4. The van der Waals surface area contributed by atoms with Crippen molar-refractivity contribution >= 4 is 29.4 Å². The van der Waals surface area contributed by atoms with Crippen LogP contribution in [0.5, 0.6) is 0 Å². The van der Waals surface area contributed by atoms with Crippen molar-refractivity contribution in [1.29, 1.82) is 0 Å². The van der Waals surface area contributed by atoms with E-state index in [1.54, 1.807) is 34.0 Å². The molecule has 20 atom stereocenters. The molecule has 3 aliphatic heterocycles. The summed E-state index contributed by atoms with van der Waals surface area (Å²) >= 11 is 0. The quantitative estimate of drug-likeness (QED) is 0.156.